The number of hydrogen-bond donors (Lipinski definition) is 1. The lowest BCUT2D eigenvalue weighted by Gasteiger charge is -2.33. The van der Waals surface area contributed by atoms with E-state index in [0.29, 0.717) is 37.6 Å². The fourth-order valence-electron chi connectivity index (χ4n) is 2.72. The van der Waals surface area contributed by atoms with Crippen LogP contribution in [0.5, 0.6) is 0 Å². The van der Waals surface area contributed by atoms with Gasteiger partial charge in [0.05, 0.1) is 11.4 Å². The zero-order chi connectivity index (χ0) is 18.0. The van der Waals surface area contributed by atoms with Crippen molar-refractivity contribution in [1.82, 2.24) is 19.4 Å². The Morgan fingerprint density at radius 3 is 2.44 bits per heavy atom. The lowest BCUT2D eigenvalue weighted by Crippen LogP contribution is -2.50. The minimum atomic E-state index is -3.20. The van der Waals surface area contributed by atoms with Crippen molar-refractivity contribution in [2.45, 2.75) is 6.92 Å². The zero-order valence-electron chi connectivity index (χ0n) is 13.8. The number of carbonyl (C=O) groups excluding carboxylic acids is 1. The number of hydrogen-bond acceptors (Lipinski definition) is 4. The molecule has 1 aromatic carbocycles. The summed E-state index contributed by atoms with van der Waals surface area (Å²) in [6.45, 7) is 3.04. The fourth-order valence-corrected chi connectivity index (χ4v) is 4.07. The molecule has 1 aliphatic rings. The summed E-state index contributed by atoms with van der Waals surface area (Å²) in [5.74, 6) is -0.0812. The minimum Gasteiger partial charge on any atom is -0.335 e. The van der Waals surface area contributed by atoms with Gasteiger partial charge in [-0.1, -0.05) is 28.1 Å². The molecule has 1 aromatic heterocycles. The number of aromatic nitrogens is 2. The molecule has 9 heteroatoms. The zero-order valence-corrected chi connectivity index (χ0v) is 16.2. The standard InChI is InChI=1S/C16H19BrN4O3S/c1-2-25(23,24)21-9-7-20(8-10-21)16(22)15-11-14(18-19-15)12-3-5-13(17)6-4-12/h3-6,11H,2,7-10H2,1H3,(H,18,19). The smallest absolute Gasteiger partial charge is 0.271 e. The fraction of sp³-hybridized carbons (Fsp3) is 0.375. The first kappa shape index (κ1) is 18.1. The molecule has 1 saturated heterocycles. The third kappa shape index (κ3) is 3.94. The van der Waals surface area contributed by atoms with Crippen LogP contribution in [0.15, 0.2) is 34.8 Å². The number of benzene rings is 1. The number of nitrogens with zero attached hydrogens (tertiary/aromatic N) is 3. The molecule has 3 rings (SSSR count). The number of carbonyl (C=O) groups is 1. The van der Waals surface area contributed by atoms with Crippen LogP contribution in [0.25, 0.3) is 11.3 Å². The van der Waals surface area contributed by atoms with Gasteiger partial charge in [-0.2, -0.15) is 9.40 Å². The second-order valence-corrected chi connectivity index (χ2v) is 8.94. The molecule has 0 radical (unpaired) electrons. The predicted octanol–water partition coefficient (Wildman–Crippen LogP) is 1.95. The van der Waals surface area contributed by atoms with Gasteiger partial charge < -0.3 is 4.90 Å². The van der Waals surface area contributed by atoms with E-state index >= 15 is 0 Å². The number of aromatic amines is 1. The second kappa shape index (κ2) is 7.27. The van der Waals surface area contributed by atoms with Gasteiger partial charge in [0.15, 0.2) is 0 Å². The Balaban J connectivity index is 1.68. The Morgan fingerprint density at radius 2 is 1.84 bits per heavy atom. The van der Waals surface area contributed by atoms with Gasteiger partial charge in [-0.05, 0) is 25.1 Å². The predicted molar refractivity (Wildman–Crippen MR) is 98.7 cm³/mol. The molecule has 7 nitrogen and oxygen atoms in total. The van der Waals surface area contributed by atoms with E-state index in [-0.39, 0.29) is 11.7 Å². The third-order valence-corrected chi connectivity index (χ3v) is 6.64. The van der Waals surface area contributed by atoms with Gasteiger partial charge in [-0.25, -0.2) is 8.42 Å². The van der Waals surface area contributed by atoms with Crippen LogP contribution in [0.1, 0.15) is 17.4 Å². The van der Waals surface area contributed by atoms with Crippen LogP contribution in [-0.4, -0.2) is 65.7 Å². The summed E-state index contributed by atoms with van der Waals surface area (Å²) in [6.07, 6.45) is 0. The highest BCUT2D eigenvalue weighted by Crippen LogP contribution is 2.21. The molecule has 25 heavy (non-hydrogen) atoms. The summed E-state index contributed by atoms with van der Waals surface area (Å²) in [5.41, 5.74) is 2.02. The molecule has 0 aliphatic carbocycles. The van der Waals surface area contributed by atoms with E-state index in [0.717, 1.165) is 10.0 Å². The Morgan fingerprint density at radius 1 is 1.20 bits per heavy atom. The van der Waals surface area contributed by atoms with Crippen LogP contribution >= 0.6 is 15.9 Å². The van der Waals surface area contributed by atoms with Crippen molar-refractivity contribution in [2.24, 2.45) is 0 Å². The van der Waals surface area contributed by atoms with Gasteiger partial charge in [0.25, 0.3) is 5.91 Å². The molecular formula is C16H19BrN4O3S. The maximum absolute atomic E-state index is 12.6. The van der Waals surface area contributed by atoms with Crippen molar-refractivity contribution >= 4 is 31.9 Å². The minimum absolute atomic E-state index is 0.0814. The van der Waals surface area contributed by atoms with E-state index in [4.69, 9.17) is 0 Å². The van der Waals surface area contributed by atoms with E-state index in [9.17, 15) is 13.2 Å². The molecule has 0 bridgehead atoms. The molecule has 1 fully saturated rings. The first-order chi connectivity index (χ1) is 11.9. The average Bonchev–Trinajstić information content (AvgIpc) is 3.12. The summed E-state index contributed by atoms with van der Waals surface area (Å²) in [7, 11) is -3.20. The quantitative estimate of drug-likeness (QED) is 0.808. The van der Waals surface area contributed by atoms with E-state index in [1.165, 1.54) is 4.31 Å². The molecule has 134 valence electrons. The Bertz CT molecular complexity index is 856. The summed E-state index contributed by atoms with van der Waals surface area (Å²) < 4.78 is 26.2. The Labute approximate surface area is 155 Å². The number of amides is 1. The van der Waals surface area contributed by atoms with Crippen LogP contribution in [0.2, 0.25) is 0 Å². The van der Waals surface area contributed by atoms with E-state index in [1.807, 2.05) is 24.3 Å². The highest BCUT2D eigenvalue weighted by atomic mass is 79.9. The van der Waals surface area contributed by atoms with Gasteiger partial charge in [0.2, 0.25) is 10.0 Å². The lowest BCUT2D eigenvalue weighted by atomic mass is 10.1. The summed E-state index contributed by atoms with van der Waals surface area (Å²) >= 11 is 3.39. The first-order valence-corrected chi connectivity index (χ1v) is 10.4. The van der Waals surface area contributed by atoms with Crippen molar-refractivity contribution in [3.8, 4) is 11.3 Å². The van der Waals surface area contributed by atoms with Gasteiger partial charge in [0.1, 0.15) is 5.69 Å². The van der Waals surface area contributed by atoms with Gasteiger partial charge >= 0.3 is 0 Å². The number of nitrogens with one attached hydrogen (secondary N) is 1. The molecule has 0 atom stereocenters. The molecule has 2 aromatic rings. The second-order valence-electron chi connectivity index (χ2n) is 5.77. The van der Waals surface area contributed by atoms with Crippen LogP contribution < -0.4 is 0 Å². The number of rotatable bonds is 4. The lowest BCUT2D eigenvalue weighted by molar-refractivity contribution is 0.0692. The largest absolute Gasteiger partial charge is 0.335 e. The number of sulfonamides is 1. The van der Waals surface area contributed by atoms with Crippen LogP contribution in [0.3, 0.4) is 0 Å². The van der Waals surface area contributed by atoms with E-state index < -0.39 is 10.0 Å². The molecule has 0 unspecified atom stereocenters. The number of halogens is 1. The molecule has 0 saturated carbocycles. The average molecular weight is 427 g/mol. The van der Waals surface area contributed by atoms with Crippen molar-refractivity contribution in [1.29, 1.82) is 0 Å². The van der Waals surface area contributed by atoms with Gasteiger partial charge in [-0.15, -0.1) is 0 Å². The number of piperazine rings is 1. The molecule has 1 amide bonds. The van der Waals surface area contributed by atoms with Crippen LogP contribution in [0, 0.1) is 0 Å². The Kier molecular flexibility index (Phi) is 5.26. The van der Waals surface area contributed by atoms with Gasteiger partial charge in [-0.3, -0.25) is 9.89 Å². The van der Waals surface area contributed by atoms with E-state index in [1.54, 1.807) is 17.9 Å². The Hall–Kier alpha value is -1.71. The number of H-pyrrole nitrogens is 1. The topological polar surface area (TPSA) is 86.4 Å². The van der Waals surface area contributed by atoms with Crippen LogP contribution in [0.4, 0.5) is 0 Å². The summed E-state index contributed by atoms with van der Waals surface area (Å²) in [4.78, 5) is 14.3. The van der Waals surface area contributed by atoms with Crippen molar-refractivity contribution < 1.29 is 13.2 Å². The maximum Gasteiger partial charge on any atom is 0.271 e. The van der Waals surface area contributed by atoms with Crippen LogP contribution in [-0.2, 0) is 10.0 Å². The first-order valence-electron chi connectivity index (χ1n) is 7.99. The highest BCUT2D eigenvalue weighted by Gasteiger charge is 2.28. The molecular weight excluding hydrogens is 408 g/mol. The van der Waals surface area contributed by atoms with Crippen molar-refractivity contribution in [3.63, 3.8) is 0 Å². The monoisotopic (exact) mass is 426 g/mol. The highest BCUT2D eigenvalue weighted by molar-refractivity contribution is 9.10. The van der Waals surface area contributed by atoms with Gasteiger partial charge in [0, 0.05) is 36.2 Å². The maximum atomic E-state index is 12.6. The van der Waals surface area contributed by atoms with Crippen molar-refractivity contribution in [2.75, 3.05) is 31.9 Å². The molecule has 0 spiro atoms. The third-order valence-electron chi connectivity index (χ3n) is 4.23. The normalized spacial score (nSPS) is 16.2. The van der Waals surface area contributed by atoms with E-state index in [2.05, 4.69) is 26.1 Å². The molecule has 2 heterocycles. The summed E-state index contributed by atoms with van der Waals surface area (Å²) in [6, 6.07) is 9.39. The molecule has 1 N–H and O–H groups in total. The summed E-state index contributed by atoms with van der Waals surface area (Å²) in [5, 5.41) is 6.99. The SMILES string of the molecule is CCS(=O)(=O)N1CCN(C(=O)c2cc(-c3ccc(Br)cc3)n[nH]2)CC1. The molecule has 1 aliphatic heterocycles. The van der Waals surface area contributed by atoms with Crippen molar-refractivity contribution in [3.05, 3.63) is 40.5 Å².